The van der Waals surface area contributed by atoms with Crippen LogP contribution in [0.5, 0.6) is 5.75 Å². The maximum Gasteiger partial charge on any atom is 0.182 e. The summed E-state index contributed by atoms with van der Waals surface area (Å²) in [4.78, 5) is 4.64. The lowest BCUT2D eigenvalue weighted by Crippen LogP contribution is -2.24. The monoisotopic (exact) mass is 442 g/mol. The number of pyridine rings is 1. The SMILES string of the molecule is Cc1cc(-c2cc(Cl)cc3c2OC(c2onc4c2CNCC4)C3)c2ccc(C#N)cc2n1. The van der Waals surface area contributed by atoms with Gasteiger partial charge in [-0.15, -0.1) is 0 Å². The highest BCUT2D eigenvalue weighted by Crippen LogP contribution is 2.47. The average Bonchev–Trinajstić information content (AvgIpc) is 3.41. The van der Waals surface area contributed by atoms with Gasteiger partial charge in [0.1, 0.15) is 5.75 Å². The molecule has 2 aliphatic rings. The van der Waals surface area contributed by atoms with Crippen molar-refractivity contribution in [3.63, 3.8) is 0 Å². The minimum absolute atomic E-state index is 0.238. The third-order valence-electron chi connectivity index (χ3n) is 6.19. The van der Waals surface area contributed by atoms with E-state index in [9.17, 15) is 5.26 Å². The van der Waals surface area contributed by atoms with Gasteiger partial charge in [-0.1, -0.05) is 22.8 Å². The lowest BCUT2D eigenvalue weighted by Gasteiger charge is -2.16. The minimum Gasteiger partial charge on any atom is -0.481 e. The molecule has 1 unspecified atom stereocenters. The van der Waals surface area contributed by atoms with Crippen LogP contribution in [0, 0.1) is 18.3 Å². The van der Waals surface area contributed by atoms with Crippen molar-refractivity contribution < 1.29 is 9.26 Å². The van der Waals surface area contributed by atoms with E-state index >= 15 is 0 Å². The molecule has 1 atom stereocenters. The van der Waals surface area contributed by atoms with Gasteiger partial charge in [-0.3, -0.25) is 4.98 Å². The van der Waals surface area contributed by atoms with E-state index in [1.807, 2.05) is 43.3 Å². The van der Waals surface area contributed by atoms with Crippen molar-refractivity contribution in [2.75, 3.05) is 6.54 Å². The Bertz CT molecular complexity index is 1440. The molecule has 4 heterocycles. The molecule has 6 rings (SSSR count). The van der Waals surface area contributed by atoms with Crippen LogP contribution >= 0.6 is 11.6 Å². The Balaban J connectivity index is 1.48. The topological polar surface area (TPSA) is 84.0 Å². The quantitative estimate of drug-likeness (QED) is 0.468. The average molecular weight is 443 g/mol. The van der Waals surface area contributed by atoms with E-state index < -0.39 is 0 Å². The number of rotatable bonds is 2. The van der Waals surface area contributed by atoms with Crippen LogP contribution in [0.4, 0.5) is 0 Å². The number of aromatic nitrogens is 2. The Morgan fingerprint density at radius 2 is 2.09 bits per heavy atom. The molecule has 1 N–H and O–H groups in total. The summed E-state index contributed by atoms with van der Waals surface area (Å²) in [6.07, 6.45) is 1.30. The summed E-state index contributed by atoms with van der Waals surface area (Å²) < 4.78 is 12.2. The summed E-state index contributed by atoms with van der Waals surface area (Å²) in [6, 6.07) is 13.7. The van der Waals surface area contributed by atoms with Gasteiger partial charge in [0.15, 0.2) is 11.9 Å². The van der Waals surface area contributed by atoms with E-state index in [0.29, 0.717) is 17.0 Å². The first kappa shape index (κ1) is 19.3. The molecule has 0 radical (unpaired) electrons. The molecule has 0 amide bonds. The molecule has 2 aromatic heterocycles. The number of ether oxygens (including phenoxy) is 1. The fourth-order valence-electron chi connectivity index (χ4n) is 4.74. The second-order valence-electron chi connectivity index (χ2n) is 8.31. The van der Waals surface area contributed by atoms with Crippen LogP contribution in [0.2, 0.25) is 5.02 Å². The summed E-state index contributed by atoms with van der Waals surface area (Å²) in [5.74, 6) is 1.60. The molecule has 0 saturated heterocycles. The molecule has 0 aliphatic carbocycles. The zero-order valence-corrected chi connectivity index (χ0v) is 18.2. The summed E-state index contributed by atoms with van der Waals surface area (Å²) in [6.45, 7) is 3.60. The van der Waals surface area contributed by atoms with Crippen LogP contribution < -0.4 is 10.1 Å². The lowest BCUT2D eigenvalue weighted by atomic mass is 9.96. The number of hydrogen-bond donors (Lipinski definition) is 1. The molecular formula is C25H19ClN4O2. The highest BCUT2D eigenvalue weighted by molar-refractivity contribution is 6.31. The number of nitrogens with one attached hydrogen (secondary N) is 1. The fraction of sp³-hybridized carbons (Fsp3) is 0.240. The van der Waals surface area contributed by atoms with Crippen molar-refractivity contribution in [3.8, 4) is 22.9 Å². The van der Waals surface area contributed by atoms with E-state index in [2.05, 4.69) is 21.5 Å². The summed E-state index contributed by atoms with van der Waals surface area (Å²) in [7, 11) is 0. The standard InChI is InChI=1S/C25H19ClN4O2/c1-13-6-18(17-3-2-14(11-27)7-22(17)29-13)19-10-16(26)8-15-9-23(31-24(15)19)25-20-12-28-5-4-21(20)30-32-25/h2-3,6-8,10,23,28H,4-5,9,12H2,1H3. The predicted molar refractivity (Wildman–Crippen MR) is 121 cm³/mol. The Morgan fingerprint density at radius 1 is 1.19 bits per heavy atom. The van der Waals surface area contributed by atoms with E-state index in [-0.39, 0.29) is 6.10 Å². The number of nitrogens with zero attached hydrogens (tertiary/aromatic N) is 3. The Labute approximate surface area is 189 Å². The fourth-order valence-corrected chi connectivity index (χ4v) is 4.98. The largest absolute Gasteiger partial charge is 0.481 e. The zero-order valence-electron chi connectivity index (χ0n) is 17.4. The van der Waals surface area contributed by atoms with Gasteiger partial charge in [-0.2, -0.15) is 5.26 Å². The van der Waals surface area contributed by atoms with Crippen LogP contribution in [0.25, 0.3) is 22.0 Å². The Hall–Kier alpha value is -3.40. The van der Waals surface area contributed by atoms with Gasteiger partial charge in [0.05, 0.1) is 22.8 Å². The second kappa shape index (κ2) is 7.33. The molecule has 0 saturated carbocycles. The zero-order chi connectivity index (χ0) is 21.8. The first-order chi connectivity index (χ1) is 15.6. The van der Waals surface area contributed by atoms with Crippen molar-refractivity contribution in [3.05, 3.63) is 75.3 Å². The highest BCUT2D eigenvalue weighted by Gasteiger charge is 2.34. The number of benzene rings is 2. The lowest BCUT2D eigenvalue weighted by molar-refractivity contribution is 0.189. The number of fused-ring (bicyclic) bond motifs is 3. The highest BCUT2D eigenvalue weighted by atomic mass is 35.5. The van der Waals surface area contributed by atoms with Crippen LogP contribution in [-0.2, 0) is 19.4 Å². The molecule has 0 bridgehead atoms. The third-order valence-corrected chi connectivity index (χ3v) is 6.40. The van der Waals surface area contributed by atoms with Crippen LogP contribution in [-0.4, -0.2) is 16.7 Å². The van der Waals surface area contributed by atoms with Gasteiger partial charge in [0, 0.05) is 58.7 Å². The molecular weight excluding hydrogens is 424 g/mol. The van der Waals surface area contributed by atoms with Crippen LogP contribution in [0.1, 0.15) is 39.9 Å². The summed E-state index contributed by atoms with van der Waals surface area (Å²) >= 11 is 6.55. The molecule has 32 heavy (non-hydrogen) atoms. The van der Waals surface area contributed by atoms with Gasteiger partial charge in [0.2, 0.25) is 0 Å². The molecule has 0 spiro atoms. The van der Waals surface area contributed by atoms with Crippen LogP contribution in [0.3, 0.4) is 0 Å². The first-order valence-corrected chi connectivity index (χ1v) is 11.0. The van der Waals surface area contributed by atoms with Gasteiger partial charge in [-0.05, 0) is 42.8 Å². The van der Waals surface area contributed by atoms with Gasteiger partial charge < -0.3 is 14.6 Å². The first-order valence-electron chi connectivity index (χ1n) is 10.6. The molecule has 2 aromatic carbocycles. The summed E-state index contributed by atoms with van der Waals surface area (Å²) in [5, 5.41) is 18.6. The van der Waals surface area contributed by atoms with Crippen molar-refractivity contribution in [1.29, 1.82) is 5.26 Å². The van der Waals surface area contributed by atoms with Crippen LogP contribution in [0.15, 0.2) is 40.9 Å². The molecule has 4 aromatic rings. The molecule has 7 heteroatoms. The van der Waals surface area contributed by atoms with Crippen molar-refractivity contribution in [2.45, 2.75) is 32.4 Å². The number of aryl methyl sites for hydroxylation is 1. The van der Waals surface area contributed by atoms with Gasteiger partial charge in [-0.25, -0.2) is 0 Å². The second-order valence-corrected chi connectivity index (χ2v) is 8.74. The molecule has 2 aliphatic heterocycles. The predicted octanol–water partition coefficient (Wildman–Crippen LogP) is 5.05. The molecule has 158 valence electrons. The van der Waals surface area contributed by atoms with E-state index in [4.69, 9.17) is 20.9 Å². The van der Waals surface area contributed by atoms with Gasteiger partial charge >= 0.3 is 0 Å². The maximum atomic E-state index is 9.29. The van der Waals surface area contributed by atoms with Crippen molar-refractivity contribution >= 4 is 22.5 Å². The Kier molecular flexibility index (Phi) is 4.42. The normalized spacial score (nSPS) is 17.0. The number of halogens is 1. The maximum absolute atomic E-state index is 9.29. The van der Waals surface area contributed by atoms with Crippen molar-refractivity contribution in [1.82, 2.24) is 15.5 Å². The smallest absolute Gasteiger partial charge is 0.182 e. The Morgan fingerprint density at radius 3 is 2.97 bits per heavy atom. The van der Waals surface area contributed by atoms with E-state index in [0.717, 1.165) is 75.6 Å². The molecule has 6 nitrogen and oxygen atoms in total. The van der Waals surface area contributed by atoms with Gasteiger partial charge in [0.25, 0.3) is 0 Å². The van der Waals surface area contributed by atoms with E-state index in [1.54, 1.807) is 0 Å². The summed E-state index contributed by atoms with van der Waals surface area (Å²) in [5.41, 5.74) is 7.29. The van der Waals surface area contributed by atoms with E-state index in [1.165, 1.54) is 0 Å². The number of nitriles is 1. The molecule has 0 fully saturated rings. The third kappa shape index (κ3) is 3.05. The van der Waals surface area contributed by atoms with Crippen molar-refractivity contribution in [2.24, 2.45) is 0 Å². The minimum atomic E-state index is -0.238. The number of hydrogen-bond acceptors (Lipinski definition) is 6.